The second-order valence-corrected chi connectivity index (χ2v) is 11.1. The highest BCUT2D eigenvalue weighted by Gasteiger charge is 2.54. The number of nitrogens with one attached hydrogen (secondary N) is 2. The number of amides is 2. The normalized spacial score (nSPS) is 15.5. The maximum absolute atomic E-state index is 13.6. The van der Waals surface area contributed by atoms with Crippen LogP contribution in [0.3, 0.4) is 0 Å². The lowest BCUT2D eigenvalue weighted by atomic mass is 9.73. The lowest BCUT2D eigenvalue weighted by molar-refractivity contribution is -0.141. The molecule has 0 aliphatic carbocycles. The van der Waals surface area contributed by atoms with Gasteiger partial charge < -0.3 is 0 Å². The highest BCUT2D eigenvalue weighted by atomic mass is 32.2. The number of hydrogen-bond donors (Lipinski definition) is 4. The van der Waals surface area contributed by atoms with Crippen LogP contribution in [-0.2, 0) is 25.8 Å². The molecule has 2 rings (SSSR count). The van der Waals surface area contributed by atoms with Crippen LogP contribution in [-0.4, -0.2) is 36.4 Å². The molecule has 0 aromatic heterocycles. The monoisotopic (exact) mass is 487 g/mol. The van der Waals surface area contributed by atoms with E-state index < -0.39 is 38.2 Å². The Morgan fingerprint density at radius 2 is 1.59 bits per heavy atom. The van der Waals surface area contributed by atoms with E-state index in [0.29, 0.717) is 5.56 Å². The lowest BCUT2D eigenvalue weighted by Crippen LogP contribution is -2.57. The Kier molecular flexibility index (Phi) is 9.55. The number of nitrogens with two attached hydrogens (primary N) is 1. The van der Waals surface area contributed by atoms with Gasteiger partial charge >= 0.3 is 0 Å². The summed E-state index contributed by atoms with van der Waals surface area (Å²) >= 11 is 0. The fourth-order valence-electron chi connectivity index (χ4n) is 4.30. The minimum Gasteiger partial charge on any atom is -0.294 e. The first-order valence-electron chi connectivity index (χ1n) is 11.0. The number of carbonyl (C=O) groups is 2. The van der Waals surface area contributed by atoms with Crippen LogP contribution >= 0.6 is 0 Å². The van der Waals surface area contributed by atoms with Gasteiger partial charge in [-0.2, -0.15) is 0 Å². The SMILES string of the molecule is CC(C)C[C@@H](C(=O)NN)[C@@H](C(=O)NO)C(/C=C/c1ccccc1)(Cc1ccccc1)S(C)(=O)=O. The third-order valence-corrected chi connectivity index (χ3v) is 7.81. The van der Waals surface area contributed by atoms with E-state index in [1.807, 2.05) is 19.9 Å². The number of rotatable bonds is 11. The smallest absolute Gasteiger partial charge is 0.249 e. The quantitative estimate of drug-likeness (QED) is 0.166. The molecule has 0 saturated heterocycles. The Morgan fingerprint density at radius 3 is 2.06 bits per heavy atom. The lowest BCUT2D eigenvalue weighted by Gasteiger charge is -2.40. The van der Waals surface area contributed by atoms with Crippen LogP contribution in [0.1, 0.15) is 31.4 Å². The first-order valence-corrected chi connectivity index (χ1v) is 12.9. The van der Waals surface area contributed by atoms with Gasteiger partial charge in [-0.3, -0.25) is 20.2 Å². The molecular formula is C25H33N3O5S. The van der Waals surface area contributed by atoms with Gasteiger partial charge in [0.1, 0.15) is 4.75 Å². The predicted octanol–water partition coefficient (Wildman–Crippen LogP) is 2.50. The predicted molar refractivity (Wildman–Crippen MR) is 132 cm³/mol. The van der Waals surface area contributed by atoms with Gasteiger partial charge in [0.15, 0.2) is 9.84 Å². The molecule has 0 bridgehead atoms. The maximum atomic E-state index is 13.6. The molecule has 5 N–H and O–H groups in total. The summed E-state index contributed by atoms with van der Waals surface area (Å²) in [4.78, 5) is 26.1. The molecule has 9 heteroatoms. The molecule has 0 aliphatic rings. The van der Waals surface area contributed by atoms with Crippen LogP contribution in [0.2, 0.25) is 0 Å². The van der Waals surface area contributed by atoms with Crippen LogP contribution in [0.5, 0.6) is 0 Å². The van der Waals surface area contributed by atoms with E-state index in [9.17, 15) is 23.2 Å². The van der Waals surface area contributed by atoms with E-state index >= 15 is 0 Å². The summed E-state index contributed by atoms with van der Waals surface area (Å²) in [5.41, 5.74) is 5.04. The van der Waals surface area contributed by atoms with Gasteiger partial charge in [-0.05, 0) is 29.9 Å². The average molecular weight is 488 g/mol. The topological polar surface area (TPSA) is 139 Å². The molecule has 0 saturated carbocycles. The van der Waals surface area contributed by atoms with Crippen molar-refractivity contribution in [2.24, 2.45) is 23.6 Å². The summed E-state index contributed by atoms with van der Waals surface area (Å²) in [7, 11) is -4.05. The molecule has 3 atom stereocenters. The third kappa shape index (κ3) is 6.53. The van der Waals surface area contributed by atoms with Gasteiger partial charge in [-0.25, -0.2) is 19.7 Å². The Bertz CT molecular complexity index is 1090. The molecule has 2 aromatic rings. The summed E-state index contributed by atoms with van der Waals surface area (Å²) in [6, 6.07) is 17.9. The first-order chi connectivity index (χ1) is 16.1. The second kappa shape index (κ2) is 11.9. The molecule has 1 unspecified atom stereocenters. The molecule has 0 spiro atoms. The van der Waals surface area contributed by atoms with Crippen molar-refractivity contribution < 1.29 is 23.2 Å². The van der Waals surface area contributed by atoms with Crippen molar-refractivity contribution in [3.8, 4) is 0 Å². The number of benzene rings is 2. The van der Waals surface area contributed by atoms with Crippen LogP contribution in [0.15, 0.2) is 66.7 Å². The van der Waals surface area contributed by atoms with Crippen LogP contribution < -0.4 is 16.7 Å². The number of sulfone groups is 1. The zero-order valence-corrected chi connectivity index (χ0v) is 20.5. The largest absolute Gasteiger partial charge is 0.294 e. The van der Waals surface area contributed by atoms with Gasteiger partial charge in [0.05, 0.1) is 11.8 Å². The minimum atomic E-state index is -4.05. The van der Waals surface area contributed by atoms with Crippen LogP contribution in [0.4, 0.5) is 0 Å². The van der Waals surface area contributed by atoms with Crippen LogP contribution in [0, 0.1) is 17.8 Å². The van der Waals surface area contributed by atoms with E-state index in [0.717, 1.165) is 11.8 Å². The first kappa shape index (κ1) is 27.2. The Hall–Kier alpha value is -3.01. The average Bonchev–Trinajstić information content (AvgIpc) is 2.81. The number of hydrogen-bond acceptors (Lipinski definition) is 6. The van der Waals surface area contributed by atoms with E-state index in [1.165, 1.54) is 6.08 Å². The van der Waals surface area contributed by atoms with Crippen LogP contribution in [0.25, 0.3) is 6.08 Å². The molecule has 2 amide bonds. The molecule has 2 aromatic carbocycles. The summed E-state index contributed by atoms with van der Waals surface area (Å²) in [5, 5.41) is 9.64. The van der Waals surface area contributed by atoms with Crippen molar-refractivity contribution in [2.45, 2.75) is 31.4 Å². The van der Waals surface area contributed by atoms with E-state index in [2.05, 4.69) is 5.43 Å². The van der Waals surface area contributed by atoms with E-state index in [1.54, 1.807) is 66.2 Å². The van der Waals surface area contributed by atoms with E-state index in [-0.39, 0.29) is 18.8 Å². The molecule has 34 heavy (non-hydrogen) atoms. The zero-order chi connectivity index (χ0) is 25.4. The van der Waals surface area contributed by atoms with Gasteiger partial charge in [0, 0.05) is 6.26 Å². The van der Waals surface area contributed by atoms with Gasteiger partial charge in [-0.15, -0.1) is 0 Å². The number of hydrazine groups is 1. The number of hydroxylamine groups is 1. The van der Waals surface area contributed by atoms with Crippen molar-refractivity contribution >= 4 is 27.7 Å². The standard InChI is InChI=1S/C25H33N3O5S/c1-18(2)16-21(23(29)27-26)22(24(30)28-31)25(34(3,32)33,17-20-12-8-5-9-13-20)15-14-19-10-6-4-7-11-19/h4-15,18,21-22,31H,16-17,26H2,1-3H3,(H,27,29)(H,28,30)/b15-14+/t21-,22+,25?/m1/s1. The zero-order valence-electron chi connectivity index (χ0n) is 19.6. The van der Waals surface area contributed by atoms with E-state index in [4.69, 9.17) is 5.84 Å². The van der Waals surface area contributed by atoms with Crippen molar-refractivity contribution in [1.29, 1.82) is 0 Å². The maximum Gasteiger partial charge on any atom is 0.249 e. The van der Waals surface area contributed by atoms with Gasteiger partial charge in [0.2, 0.25) is 11.8 Å². The molecule has 0 aliphatic heterocycles. The van der Waals surface area contributed by atoms with Crippen molar-refractivity contribution in [1.82, 2.24) is 10.9 Å². The Labute approximate surface area is 201 Å². The Balaban J connectivity index is 2.87. The number of carbonyl (C=O) groups excluding carboxylic acids is 2. The fourth-order valence-corrected chi connectivity index (χ4v) is 5.77. The molecule has 0 fully saturated rings. The Morgan fingerprint density at radius 1 is 1.03 bits per heavy atom. The third-order valence-electron chi connectivity index (χ3n) is 5.90. The molecule has 0 radical (unpaired) electrons. The molecule has 8 nitrogen and oxygen atoms in total. The summed E-state index contributed by atoms with van der Waals surface area (Å²) in [6.07, 6.45) is 4.19. The summed E-state index contributed by atoms with van der Waals surface area (Å²) in [6.45, 7) is 3.70. The molecule has 184 valence electrons. The summed E-state index contributed by atoms with van der Waals surface area (Å²) in [5.74, 6) is 1.11. The van der Waals surface area contributed by atoms with Gasteiger partial charge in [0.25, 0.3) is 0 Å². The van der Waals surface area contributed by atoms with Crippen molar-refractivity contribution in [3.05, 3.63) is 77.9 Å². The molecule has 0 heterocycles. The minimum absolute atomic E-state index is 0.0663. The fraction of sp³-hybridized carbons (Fsp3) is 0.360. The second-order valence-electron chi connectivity index (χ2n) is 8.83. The van der Waals surface area contributed by atoms with Crippen molar-refractivity contribution in [3.63, 3.8) is 0 Å². The van der Waals surface area contributed by atoms with Gasteiger partial charge in [-0.1, -0.05) is 86.7 Å². The highest BCUT2D eigenvalue weighted by Crippen LogP contribution is 2.40. The molecular weight excluding hydrogens is 454 g/mol. The highest BCUT2D eigenvalue weighted by molar-refractivity contribution is 7.92. The summed E-state index contributed by atoms with van der Waals surface area (Å²) < 4.78 is 25.3. The van der Waals surface area contributed by atoms with Crippen molar-refractivity contribution in [2.75, 3.05) is 6.26 Å².